The van der Waals surface area contributed by atoms with E-state index in [-0.39, 0.29) is 11.3 Å². The first-order valence-corrected chi connectivity index (χ1v) is 5.88. The molecule has 0 saturated heterocycles. The summed E-state index contributed by atoms with van der Waals surface area (Å²) in [7, 11) is 1.52. The molecule has 0 aromatic carbocycles. The Morgan fingerprint density at radius 2 is 2.28 bits per heavy atom. The number of nitrogens with one attached hydrogen (secondary N) is 1. The molecule has 0 radical (unpaired) electrons. The molecule has 0 aliphatic carbocycles. The van der Waals surface area contributed by atoms with Gasteiger partial charge in [0.25, 0.3) is 5.56 Å². The van der Waals surface area contributed by atoms with Crippen LogP contribution in [0.2, 0.25) is 0 Å². The zero-order valence-electron chi connectivity index (χ0n) is 9.68. The minimum absolute atomic E-state index is 0.178. The Bertz CT molecular complexity index is 659. The monoisotopic (exact) mass is 266 g/mol. The number of aromatic nitrogens is 2. The topological polar surface area (TPSA) is 92.3 Å². The van der Waals surface area contributed by atoms with Crippen molar-refractivity contribution in [1.82, 2.24) is 9.97 Å². The Kier molecular flexibility index (Phi) is 3.15. The standard InChI is InChI=1S/C11H10N2O4S/c1-5-7(11(15)16)10(14)13-9(12-5)8-6(17-2)3-4-18-8/h3-4H,1-2H3,(H,15,16)(H,12,13,14). The van der Waals surface area contributed by atoms with Gasteiger partial charge in [-0.2, -0.15) is 0 Å². The number of methoxy groups -OCH3 is 1. The molecule has 0 bridgehead atoms. The number of H-pyrrole nitrogens is 1. The summed E-state index contributed by atoms with van der Waals surface area (Å²) in [5.74, 6) is -0.383. The summed E-state index contributed by atoms with van der Waals surface area (Å²) in [5, 5.41) is 10.7. The fraction of sp³-hybridized carbons (Fsp3) is 0.182. The molecular weight excluding hydrogens is 256 g/mol. The molecule has 18 heavy (non-hydrogen) atoms. The molecule has 94 valence electrons. The van der Waals surface area contributed by atoms with Crippen molar-refractivity contribution in [3.63, 3.8) is 0 Å². The molecule has 0 fully saturated rings. The van der Waals surface area contributed by atoms with Gasteiger partial charge in [0.05, 0.1) is 12.8 Å². The second-order valence-corrected chi connectivity index (χ2v) is 4.41. The van der Waals surface area contributed by atoms with Crippen LogP contribution in [0.5, 0.6) is 5.75 Å². The van der Waals surface area contributed by atoms with Crippen LogP contribution in [0.15, 0.2) is 16.2 Å². The first-order valence-electron chi connectivity index (χ1n) is 5.00. The maximum atomic E-state index is 11.7. The third kappa shape index (κ3) is 2.00. The van der Waals surface area contributed by atoms with Crippen LogP contribution in [0.3, 0.4) is 0 Å². The number of aryl methyl sites for hydroxylation is 1. The number of thiophene rings is 1. The number of aromatic carboxylic acids is 1. The van der Waals surface area contributed by atoms with E-state index in [9.17, 15) is 9.59 Å². The second-order valence-electron chi connectivity index (χ2n) is 3.50. The zero-order chi connectivity index (χ0) is 13.3. The van der Waals surface area contributed by atoms with Crippen LogP contribution in [0.25, 0.3) is 10.7 Å². The van der Waals surface area contributed by atoms with Crippen molar-refractivity contribution < 1.29 is 14.6 Å². The smallest absolute Gasteiger partial charge is 0.343 e. The van der Waals surface area contributed by atoms with Gasteiger partial charge in [0.2, 0.25) is 0 Å². The van der Waals surface area contributed by atoms with Gasteiger partial charge in [0, 0.05) is 0 Å². The maximum absolute atomic E-state index is 11.7. The highest BCUT2D eigenvalue weighted by molar-refractivity contribution is 7.13. The van der Waals surface area contributed by atoms with Gasteiger partial charge in [-0.15, -0.1) is 11.3 Å². The van der Waals surface area contributed by atoms with Crippen molar-refractivity contribution in [1.29, 1.82) is 0 Å². The molecule has 2 rings (SSSR count). The molecule has 0 amide bonds. The number of carbonyl (C=O) groups is 1. The molecule has 0 saturated carbocycles. The van der Waals surface area contributed by atoms with Gasteiger partial charge in [-0.1, -0.05) is 0 Å². The minimum Gasteiger partial charge on any atom is -0.495 e. The summed E-state index contributed by atoms with van der Waals surface area (Å²) in [6.45, 7) is 1.49. The molecule has 0 aliphatic rings. The number of carboxylic acids is 1. The molecule has 6 nitrogen and oxygen atoms in total. The summed E-state index contributed by atoms with van der Waals surface area (Å²) >= 11 is 1.35. The molecule has 0 aliphatic heterocycles. The van der Waals surface area contributed by atoms with Crippen molar-refractivity contribution in [2.24, 2.45) is 0 Å². The van der Waals surface area contributed by atoms with Crippen molar-refractivity contribution in [2.75, 3.05) is 7.11 Å². The molecule has 0 spiro atoms. The van der Waals surface area contributed by atoms with E-state index in [1.54, 1.807) is 11.4 Å². The van der Waals surface area contributed by atoms with Crippen LogP contribution in [0, 0.1) is 6.92 Å². The van der Waals surface area contributed by atoms with Crippen molar-refractivity contribution in [2.45, 2.75) is 6.92 Å². The lowest BCUT2D eigenvalue weighted by Gasteiger charge is -2.04. The Morgan fingerprint density at radius 1 is 1.56 bits per heavy atom. The number of aromatic amines is 1. The average molecular weight is 266 g/mol. The molecule has 2 aromatic heterocycles. The summed E-state index contributed by atoms with van der Waals surface area (Å²) in [6.07, 6.45) is 0. The number of carboxylic acid groups (broad SMARTS) is 1. The number of nitrogens with zero attached hydrogens (tertiary/aromatic N) is 1. The van der Waals surface area contributed by atoms with E-state index in [2.05, 4.69) is 9.97 Å². The van der Waals surface area contributed by atoms with Crippen molar-refractivity contribution in [3.8, 4) is 16.5 Å². The fourth-order valence-electron chi connectivity index (χ4n) is 1.58. The largest absolute Gasteiger partial charge is 0.495 e. The van der Waals surface area contributed by atoms with Crippen LogP contribution >= 0.6 is 11.3 Å². The molecule has 0 atom stereocenters. The van der Waals surface area contributed by atoms with E-state index in [1.165, 1.54) is 25.4 Å². The minimum atomic E-state index is -1.29. The second kappa shape index (κ2) is 4.61. The van der Waals surface area contributed by atoms with Gasteiger partial charge in [0.1, 0.15) is 16.2 Å². The van der Waals surface area contributed by atoms with Gasteiger partial charge in [-0.25, -0.2) is 9.78 Å². The Labute approximate surface area is 106 Å². The van der Waals surface area contributed by atoms with Crippen LogP contribution in [0.4, 0.5) is 0 Å². The predicted octanol–water partition coefficient (Wildman–Crippen LogP) is 1.51. The van der Waals surface area contributed by atoms with E-state index in [0.717, 1.165) is 0 Å². The van der Waals surface area contributed by atoms with Gasteiger partial charge in [-0.05, 0) is 18.4 Å². The highest BCUT2D eigenvalue weighted by atomic mass is 32.1. The number of hydrogen-bond donors (Lipinski definition) is 2. The maximum Gasteiger partial charge on any atom is 0.343 e. The predicted molar refractivity (Wildman–Crippen MR) is 66.4 cm³/mol. The summed E-state index contributed by atoms with van der Waals surface area (Å²) < 4.78 is 5.13. The lowest BCUT2D eigenvalue weighted by atomic mass is 10.2. The number of hydrogen-bond acceptors (Lipinski definition) is 5. The fourth-order valence-corrected chi connectivity index (χ4v) is 2.38. The molecule has 2 N–H and O–H groups in total. The summed E-state index contributed by atoms with van der Waals surface area (Å²) in [4.78, 5) is 29.8. The van der Waals surface area contributed by atoms with E-state index >= 15 is 0 Å². The van der Waals surface area contributed by atoms with E-state index in [1.807, 2.05) is 0 Å². The highest BCUT2D eigenvalue weighted by Gasteiger charge is 2.17. The van der Waals surface area contributed by atoms with Crippen LogP contribution in [0.1, 0.15) is 16.1 Å². The SMILES string of the molecule is COc1ccsc1-c1nc(C)c(C(=O)O)c(=O)[nH]1. The van der Waals surface area contributed by atoms with Gasteiger partial charge in [0.15, 0.2) is 5.82 Å². The van der Waals surface area contributed by atoms with Crippen LogP contribution < -0.4 is 10.3 Å². The molecule has 7 heteroatoms. The van der Waals surface area contributed by atoms with Crippen LogP contribution in [-0.2, 0) is 0 Å². The average Bonchev–Trinajstić information content (AvgIpc) is 2.75. The van der Waals surface area contributed by atoms with Gasteiger partial charge in [-0.3, -0.25) is 4.79 Å². The Hall–Kier alpha value is -2.15. The number of rotatable bonds is 3. The molecule has 2 aromatic rings. The van der Waals surface area contributed by atoms with E-state index in [0.29, 0.717) is 16.5 Å². The van der Waals surface area contributed by atoms with Gasteiger partial charge < -0.3 is 14.8 Å². The van der Waals surface area contributed by atoms with Crippen LogP contribution in [-0.4, -0.2) is 28.2 Å². The summed E-state index contributed by atoms with van der Waals surface area (Å²) in [5.41, 5.74) is -0.827. The molecule has 2 heterocycles. The number of ether oxygens (including phenoxy) is 1. The van der Waals surface area contributed by atoms with Gasteiger partial charge >= 0.3 is 5.97 Å². The molecule has 0 unspecified atom stereocenters. The van der Waals surface area contributed by atoms with Crippen molar-refractivity contribution in [3.05, 3.63) is 33.1 Å². The van der Waals surface area contributed by atoms with E-state index < -0.39 is 11.5 Å². The zero-order valence-corrected chi connectivity index (χ0v) is 10.5. The lowest BCUT2D eigenvalue weighted by molar-refractivity contribution is 0.0693. The third-order valence-corrected chi connectivity index (χ3v) is 3.28. The third-order valence-electron chi connectivity index (χ3n) is 2.38. The molecular formula is C11H10N2O4S. The quantitative estimate of drug-likeness (QED) is 0.878. The Morgan fingerprint density at radius 3 is 2.83 bits per heavy atom. The van der Waals surface area contributed by atoms with E-state index in [4.69, 9.17) is 9.84 Å². The lowest BCUT2D eigenvalue weighted by Crippen LogP contribution is -2.21. The highest BCUT2D eigenvalue weighted by Crippen LogP contribution is 2.32. The normalized spacial score (nSPS) is 10.3. The Balaban J connectivity index is 2.62. The summed E-state index contributed by atoms with van der Waals surface area (Å²) in [6, 6.07) is 1.75. The first kappa shape index (κ1) is 12.3. The van der Waals surface area contributed by atoms with Crippen molar-refractivity contribution >= 4 is 17.3 Å². The first-order chi connectivity index (χ1) is 8.54.